The highest BCUT2D eigenvalue weighted by Crippen LogP contribution is 2.28. The number of nitro benzene ring substituents is 1. The van der Waals surface area contributed by atoms with E-state index >= 15 is 0 Å². The van der Waals surface area contributed by atoms with Gasteiger partial charge in [-0.05, 0) is 24.1 Å². The number of aryl methyl sites for hydroxylation is 1. The molecule has 0 saturated heterocycles. The van der Waals surface area contributed by atoms with E-state index in [1.165, 1.54) is 6.07 Å². The van der Waals surface area contributed by atoms with Gasteiger partial charge in [0.05, 0.1) is 4.92 Å². The van der Waals surface area contributed by atoms with Crippen molar-refractivity contribution in [2.75, 3.05) is 0 Å². The maximum absolute atomic E-state index is 12.3. The molecule has 0 amide bonds. The number of allylic oxidation sites excluding steroid dienone is 1. The van der Waals surface area contributed by atoms with Gasteiger partial charge in [-0.2, -0.15) is 0 Å². The summed E-state index contributed by atoms with van der Waals surface area (Å²) in [4.78, 5) is 22.9. The molecule has 4 nitrogen and oxygen atoms in total. The lowest BCUT2D eigenvalue weighted by molar-refractivity contribution is -0.385. The van der Waals surface area contributed by atoms with Crippen LogP contribution >= 0.6 is 0 Å². The number of hydrogen-bond donors (Lipinski definition) is 0. The summed E-state index contributed by atoms with van der Waals surface area (Å²) in [6, 6.07) is 12.5. The third kappa shape index (κ3) is 2.36. The molecule has 104 valence electrons. The maximum atomic E-state index is 12.3. The van der Waals surface area contributed by atoms with Gasteiger partial charge in [0.2, 0.25) is 0 Å². The van der Waals surface area contributed by atoms with Crippen molar-refractivity contribution in [3.63, 3.8) is 0 Å². The van der Waals surface area contributed by atoms with Gasteiger partial charge >= 0.3 is 0 Å². The minimum Gasteiger partial charge on any atom is -0.289 e. The molecule has 2 aromatic carbocycles. The predicted molar refractivity (Wildman–Crippen MR) is 80.3 cm³/mol. The van der Waals surface area contributed by atoms with Gasteiger partial charge in [-0.25, -0.2) is 0 Å². The van der Waals surface area contributed by atoms with Gasteiger partial charge in [-0.15, -0.1) is 0 Å². The summed E-state index contributed by atoms with van der Waals surface area (Å²) in [7, 11) is 0. The molecule has 2 aromatic rings. The van der Waals surface area contributed by atoms with Crippen LogP contribution < -0.4 is 0 Å². The first-order valence-corrected chi connectivity index (χ1v) is 6.64. The van der Waals surface area contributed by atoms with Crippen molar-refractivity contribution in [1.29, 1.82) is 0 Å². The number of carbonyl (C=O) groups excluding carboxylic acids is 1. The van der Waals surface area contributed by atoms with Crippen LogP contribution in [0.1, 0.15) is 27.0 Å². The average Bonchev–Trinajstić information content (AvgIpc) is 2.78. The monoisotopic (exact) mass is 279 g/mol. The Labute approximate surface area is 121 Å². The third-order valence-electron chi connectivity index (χ3n) is 3.71. The Morgan fingerprint density at radius 2 is 1.95 bits per heavy atom. The first-order chi connectivity index (χ1) is 10.1. The third-order valence-corrected chi connectivity index (χ3v) is 3.71. The fraction of sp³-hybridized carbons (Fsp3) is 0.118. The van der Waals surface area contributed by atoms with Crippen molar-refractivity contribution >= 4 is 17.5 Å². The molecule has 0 radical (unpaired) electrons. The topological polar surface area (TPSA) is 60.2 Å². The van der Waals surface area contributed by atoms with Gasteiger partial charge in [-0.1, -0.05) is 36.4 Å². The zero-order valence-corrected chi connectivity index (χ0v) is 11.5. The SMILES string of the molecule is Cc1ccc(/C=C2\Cc3ccccc3C2=O)cc1[N+](=O)[O-]. The van der Waals surface area contributed by atoms with E-state index in [4.69, 9.17) is 0 Å². The lowest BCUT2D eigenvalue weighted by atomic mass is 10.1. The number of ketones is 1. The van der Waals surface area contributed by atoms with E-state index in [0.29, 0.717) is 23.1 Å². The highest BCUT2D eigenvalue weighted by atomic mass is 16.6. The lowest BCUT2D eigenvalue weighted by Crippen LogP contribution is -1.96. The van der Waals surface area contributed by atoms with Gasteiger partial charge in [0.15, 0.2) is 5.78 Å². The Hall–Kier alpha value is -2.75. The van der Waals surface area contributed by atoms with Crippen LogP contribution in [0.3, 0.4) is 0 Å². The zero-order chi connectivity index (χ0) is 15.0. The predicted octanol–water partition coefficient (Wildman–Crippen LogP) is 3.73. The summed E-state index contributed by atoms with van der Waals surface area (Å²) in [5.74, 6) is 0.00817. The van der Waals surface area contributed by atoms with Gasteiger partial charge in [-0.3, -0.25) is 14.9 Å². The summed E-state index contributed by atoms with van der Waals surface area (Å²) in [6.07, 6.45) is 2.32. The number of nitrogens with zero attached hydrogens (tertiary/aromatic N) is 1. The highest BCUT2D eigenvalue weighted by Gasteiger charge is 2.24. The van der Waals surface area contributed by atoms with E-state index in [1.54, 1.807) is 25.1 Å². The Kier molecular flexibility index (Phi) is 3.14. The first-order valence-electron chi connectivity index (χ1n) is 6.64. The molecule has 21 heavy (non-hydrogen) atoms. The van der Waals surface area contributed by atoms with Gasteiger partial charge in [0, 0.05) is 29.2 Å². The molecule has 0 aliphatic heterocycles. The molecule has 0 saturated carbocycles. The molecule has 1 aliphatic carbocycles. The lowest BCUT2D eigenvalue weighted by Gasteiger charge is -2.00. The van der Waals surface area contributed by atoms with Crippen LogP contribution in [0.15, 0.2) is 48.0 Å². The van der Waals surface area contributed by atoms with Crippen molar-refractivity contribution in [3.8, 4) is 0 Å². The van der Waals surface area contributed by atoms with E-state index in [0.717, 1.165) is 11.1 Å². The second-order valence-electron chi connectivity index (χ2n) is 5.14. The van der Waals surface area contributed by atoms with Gasteiger partial charge in [0.25, 0.3) is 5.69 Å². The van der Waals surface area contributed by atoms with Crippen LogP contribution in [-0.2, 0) is 6.42 Å². The molecule has 0 atom stereocenters. The number of fused-ring (bicyclic) bond motifs is 1. The highest BCUT2D eigenvalue weighted by molar-refractivity contribution is 6.15. The summed E-state index contributed by atoms with van der Waals surface area (Å²) < 4.78 is 0. The molecule has 1 aliphatic rings. The van der Waals surface area contributed by atoms with Crippen molar-refractivity contribution < 1.29 is 9.72 Å². The molecule has 0 bridgehead atoms. The average molecular weight is 279 g/mol. The second kappa shape index (κ2) is 4.98. The number of carbonyl (C=O) groups is 1. The quantitative estimate of drug-likeness (QED) is 0.478. The van der Waals surface area contributed by atoms with Crippen LogP contribution in [0.5, 0.6) is 0 Å². The van der Waals surface area contributed by atoms with E-state index < -0.39 is 4.92 Å². The number of rotatable bonds is 2. The van der Waals surface area contributed by atoms with Crippen LogP contribution in [0, 0.1) is 17.0 Å². The second-order valence-corrected chi connectivity index (χ2v) is 5.14. The standard InChI is InChI=1S/C17H13NO3/c1-11-6-7-12(9-16(11)18(20)21)8-14-10-13-4-2-3-5-15(13)17(14)19/h2-9H,10H2,1H3/b14-8+. The summed E-state index contributed by atoms with van der Waals surface area (Å²) >= 11 is 0. The van der Waals surface area contributed by atoms with Crippen molar-refractivity contribution in [2.24, 2.45) is 0 Å². The Balaban J connectivity index is 2.00. The fourth-order valence-corrected chi connectivity index (χ4v) is 2.59. The van der Waals surface area contributed by atoms with Crippen LogP contribution in [-0.4, -0.2) is 10.7 Å². The number of benzene rings is 2. The molecular formula is C17H13NO3. The Bertz CT molecular complexity index is 790. The minimum atomic E-state index is -0.400. The van der Waals surface area contributed by atoms with Gasteiger partial charge in [0.1, 0.15) is 0 Å². The molecule has 0 N–H and O–H groups in total. The van der Waals surface area contributed by atoms with E-state index in [2.05, 4.69) is 0 Å². The number of nitro groups is 1. The smallest absolute Gasteiger partial charge is 0.272 e. The van der Waals surface area contributed by atoms with E-state index in [9.17, 15) is 14.9 Å². The normalized spacial score (nSPS) is 15.3. The van der Waals surface area contributed by atoms with Crippen molar-refractivity contribution in [3.05, 3.63) is 80.4 Å². The summed E-state index contributed by atoms with van der Waals surface area (Å²) in [6.45, 7) is 1.70. The largest absolute Gasteiger partial charge is 0.289 e. The molecule has 3 rings (SSSR count). The molecule has 4 heteroatoms. The van der Waals surface area contributed by atoms with Crippen molar-refractivity contribution in [2.45, 2.75) is 13.3 Å². The first kappa shape index (κ1) is 13.2. The fourth-order valence-electron chi connectivity index (χ4n) is 2.59. The molecule has 0 unspecified atom stereocenters. The van der Waals surface area contributed by atoms with Crippen LogP contribution in [0.25, 0.3) is 6.08 Å². The summed E-state index contributed by atoms with van der Waals surface area (Å²) in [5.41, 5.74) is 3.79. The maximum Gasteiger partial charge on any atom is 0.272 e. The van der Waals surface area contributed by atoms with E-state index in [1.807, 2.05) is 24.3 Å². The molecule has 0 spiro atoms. The van der Waals surface area contributed by atoms with Gasteiger partial charge < -0.3 is 0 Å². The summed E-state index contributed by atoms with van der Waals surface area (Å²) in [5, 5.41) is 11.0. The molecule has 0 aromatic heterocycles. The van der Waals surface area contributed by atoms with Crippen LogP contribution in [0.4, 0.5) is 5.69 Å². The van der Waals surface area contributed by atoms with E-state index in [-0.39, 0.29) is 11.5 Å². The Morgan fingerprint density at radius 1 is 1.19 bits per heavy atom. The Morgan fingerprint density at radius 3 is 2.67 bits per heavy atom. The molecule has 0 heterocycles. The molecular weight excluding hydrogens is 266 g/mol. The van der Waals surface area contributed by atoms with Crippen LogP contribution in [0.2, 0.25) is 0 Å². The molecule has 0 fully saturated rings. The minimum absolute atomic E-state index is 0.00817. The number of Topliss-reactive ketones (excluding diaryl/α,β-unsaturated/α-hetero) is 1. The van der Waals surface area contributed by atoms with Crippen molar-refractivity contribution in [1.82, 2.24) is 0 Å². The zero-order valence-electron chi connectivity index (χ0n) is 11.5. The number of hydrogen-bond acceptors (Lipinski definition) is 3.